The number of thioether (sulfide) groups is 1. The maximum absolute atomic E-state index is 12.5. The summed E-state index contributed by atoms with van der Waals surface area (Å²) in [5.74, 6) is -1.93. The molecule has 0 unspecified atom stereocenters. The van der Waals surface area contributed by atoms with Gasteiger partial charge in [0.2, 0.25) is 5.91 Å². The van der Waals surface area contributed by atoms with E-state index in [-0.39, 0.29) is 58.4 Å². The van der Waals surface area contributed by atoms with Crippen LogP contribution in [-0.2, 0) is 16.1 Å². The molecule has 0 aromatic carbocycles. The van der Waals surface area contributed by atoms with E-state index < -0.39 is 18.0 Å². The van der Waals surface area contributed by atoms with E-state index in [0.717, 1.165) is 23.9 Å². The van der Waals surface area contributed by atoms with Crippen LogP contribution in [-0.4, -0.2) is 64.1 Å². The van der Waals surface area contributed by atoms with Crippen molar-refractivity contribution in [2.24, 2.45) is 11.8 Å². The molecule has 2 aromatic heterocycles. The number of hydrogen-bond acceptors (Lipinski definition) is 11. The molecule has 4 atom stereocenters. The predicted octanol–water partition coefficient (Wildman–Crippen LogP) is -2.39. The smallest absolute Gasteiger partial charge is 0.543 e. The van der Waals surface area contributed by atoms with Gasteiger partial charge in [-0.2, -0.15) is 0 Å². The Morgan fingerprint density at radius 1 is 1.49 bits per heavy atom. The van der Waals surface area contributed by atoms with E-state index in [1.54, 1.807) is 36.7 Å². The number of β-lactam (4-membered cyclic amide) rings is 1. The van der Waals surface area contributed by atoms with Crippen molar-refractivity contribution in [1.29, 1.82) is 0 Å². The first-order valence-electron chi connectivity index (χ1n) is 11.0. The second-order valence-corrected chi connectivity index (χ2v) is 10.8. The molecule has 0 saturated carbocycles. The van der Waals surface area contributed by atoms with Gasteiger partial charge in [-0.05, 0) is 13.0 Å². The van der Waals surface area contributed by atoms with E-state index in [2.05, 4.69) is 15.2 Å². The molecule has 2 N–H and O–H groups in total. The van der Waals surface area contributed by atoms with Gasteiger partial charge in [-0.15, -0.1) is 23.1 Å². The molecule has 10 nitrogen and oxygen atoms in total. The second-order valence-electron chi connectivity index (χ2n) is 8.67. The number of carboxylic acids is 1. The Labute approximate surface area is 233 Å². The molecule has 0 bridgehead atoms. The molecule has 5 heterocycles. The van der Waals surface area contributed by atoms with Gasteiger partial charge in [0, 0.05) is 47.2 Å². The number of fused-ring (bicyclic) bond motifs is 1. The quantitative estimate of drug-likeness (QED) is 0.149. The summed E-state index contributed by atoms with van der Waals surface area (Å²) in [6.07, 6.45) is 0.741. The fraction of sp³-hybridized carbons (Fsp3) is 0.500. The minimum atomic E-state index is -1.33. The zero-order chi connectivity index (χ0) is 24.0. The van der Waals surface area contributed by atoms with Crippen LogP contribution in [0.15, 0.2) is 38.8 Å². The van der Waals surface area contributed by atoms with E-state index >= 15 is 0 Å². The van der Waals surface area contributed by atoms with Crippen LogP contribution in [0.25, 0.3) is 0 Å². The van der Waals surface area contributed by atoms with Gasteiger partial charge in [-0.3, -0.25) is 10.1 Å². The van der Waals surface area contributed by atoms with Crippen LogP contribution in [0.5, 0.6) is 5.95 Å². The van der Waals surface area contributed by atoms with Crippen LogP contribution in [0.2, 0.25) is 0 Å². The number of aliphatic carboxylic acids is 1. The topological polar surface area (TPSA) is 131 Å². The van der Waals surface area contributed by atoms with Gasteiger partial charge in [0.25, 0.3) is 5.95 Å². The standard InChI is InChI=1S/C22H26N4O6S2.Na/c1-11-17-16(12(2)27)20(28)26(17)18(21(29)30)19(11)34-14-7-25(8-14)22-24-13(9-33-22)6-23-10-32-15-4-3-5-31-15;/h3-5,9,11-12,14,16-17,23,27H,6-8,10H2,1-2H3,(H,29,30);/q;+1/p-1/t11-,12-,16-,17-;/m1./s1. The molecule has 2 fully saturated rings. The Morgan fingerprint density at radius 2 is 2.26 bits per heavy atom. The first kappa shape index (κ1) is 26.5. The predicted molar refractivity (Wildman–Crippen MR) is 124 cm³/mol. The summed E-state index contributed by atoms with van der Waals surface area (Å²) in [4.78, 5) is 33.1. The average molecular weight is 529 g/mol. The number of aliphatic hydroxyl groups is 1. The molecule has 0 aliphatic carbocycles. The number of hydrogen-bond donors (Lipinski definition) is 2. The second kappa shape index (κ2) is 10.8. The molecule has 2 saturated heterocycles. The molecule has 5 rings (SSSR count). The summed E-state index contributed by atoms with van der Waals surface area (Å²) >= 11 is 3.07. The minimum Gasteiger partial charge on any atom is -0.543 e. The van der Waals surface area contributed by atoms with Crippen LogP contribution in [0, 0.1) is 11.8 Å². The monoisotopic (exact) mass is 528 g/mol. The van der Waals surface area contributed by atoms with Crippen molar-refractivity contribution in [1.82, 2.24) is 15.2 Å². The van der Waals surface area contributed by atoms with Crippen molar-refractivity contribution in [3.05, 3.63) is 40.1 Å². The first-order valence-corrected chi connectivity index (χ1v) is 12.8. The van der Waals surface area contributed by atoms with Gasteiger partial charge in [0.15, 0.2) is 5.13 Å². The number of rotatable bonds is 10. The number of carbonyl (C=O) groups is 2. The summed E-state index contributed by atoms with van der Waals surface area (Å²) < 4.78 is 10.5. The van der Waals surface area contributed by atoms with Gasteiger partial charge >= 0.3 is 29.6 Å². The summed E-state index contributed by atoms with van der Waals surface area (Å²) in [5, 5.41) is 28.1. The molecule has 3 aliphatic rings. The number of carbonyl (C=O) groups excluding carboxylic acids is 2. The van der Waals surface area contributed by atoms with E-state index in [1.807, 2.05) is 12.3 Å². The Balaban J connectivity index is 0.00000289. The number of nitrogens with one attached hydrogen (secondary N) is 1. The maximum Gasteiger partial charge on any atom is 1.00 e. The van der Waals surface area contributed by atoms with Gasteiger partial charge in [0.05, 0.1) is 41.7 Å². The number of amides is 1. The number of anilines is 1. The van der Waals surface area contributed by atoms with Crippen molar-refractivity contribution in [2.45, 2.75) is 37.8 Å². The largest absolute Gasteiger partial charge is 1.00 e. The van der Waals surface area contributed by atoms with Gasteiger partial charge in [0.1, 0.15) is 6.73 Å². The van der Waals surface area contributed by atoms with E-state index in [0.29, 0.717) is 24.1 Å². The number of aromatic nitrogens is 1. The molecule has 3 aliphatic heterocycles. The summed E-state index contributed by atoms with van der Waals surface area (Å²) in [6.45, 7) is 5.85. The molecule has 13 heteroatoms. The molecule has 0 radical (unpaired) electrons. The van der Waals surface area contributed by atoms with Crippen LogP contribution in [0.3, 0.4) is 0 Å². The van der Waals surface area contributed by atoms with Crippen molar-refractivity contribution in [2.75, 3.05) is 24.7 Å². The Morgan fingerprint density at radius 3 is 2.91 bits per heavy atom. The fourth-order valence-electron chi connectivity index (χ4n) is 4.69. The summed E-state index contributed by atoms with van der Waals surface area (Å²) in [5.41, 5.74) is 0.889. The third-order valence-electron chi connectivity index (χ3n) is 6.37. The third kappa shape index (κ3) is 5.02. The molecule has 2 aromatic rings. The maximum atomic E-state index is 12.5. The Hall–Kier alpha value is -1.54. The third-order valence-corrected chi connectivity index (χ3v) is 8.77. The molecule has 0 spiro atoms. The number of thiazole rings is 1. The fourth-order valence-corrected chi connectivity index (χ4v) is 7.05. The van der Waals surface area contributed by atoms with Crippen LogP contribution >= 0.6 is 23.1 Å². The molecule has 1 amide bonds. The Kier molecular flexibility index (Phi) is 8.21. The Bertz CT molecular complexity index is 1100. The van der Waals surface area contributed by atoms with Crippen molar-refractivity contribution in [3.8, 4) is 5.95 Å². The summed E-state index contributed by atoms with van der Waals surface area (Å²) in [6, 6.07) is 3.19. The molecule has 182 valence electrons. The van der Waals surface area contributed by atoms with Gasteiger partial charge in [-0.1, -0.05) is 6.92 Å². The molecular weight excluding hydrogens is 503 g/mol. The number of furan rings is 1. The zero-order valence-electron chi connectivity index (χ0n) is 19.7. The number of nitrogens with zero attached hydrogens (tertiary/aromatic N) is 3. The average Bonchev–Trinajstić information content (AvgIpc) is 3.47. The van der Waals surface area contributed by atoms with E-state index in [4.69, 9.17) is 9.15 Å². The number of aliphatic hydroxyl groups excluding tert-OH is 1. The van der Waals surface area contributed by atoms with E-state index in [1.165, 1.54) is 16.7 Å². The first-order chi connectivity index (χ1) is 16.3. The van der Waals surface area contributed by atoms with E-state index in [9.17, 15) is 19.8 Å². The zero-order valence-corrected chi connectivity index (χ0v) is 23.3. The summed E-state index contributed by atoms with van der Waals surface area (Å²) in [7, 11) is 0. The van der Waals surface area contributed by atoms with Crippen molar-refractivity contribution in [3.63, 3.8) is 0 Å². The van der Waals surface area contributed by atoms with Gasteiger partial charge < -0.3 is 34.0 Å². The minimum absolute atomic E-state index is 0. The van der Waals surface area contributed by atoms with Crippen LogP contribution in [0.4, 0.5) is 5.13 Å². The normalized spacial score (nSPS) is 24.5. The molecule has 35 heavy (non-hydrogen) atoms. The van der Waals surface area contributed by atoms with Crippen LogP contribution < -0.4 is 49.6 Å². The van der Waals surface area contributed by atoms with Crippen molar-refractivity contribution >= 4 is 40.1 Å². The SMILES string of the molecule is C[C@@H](O)[C@H]1C(=O)N2C(C(=O)[O-])=C(SC3CN(c4nc(CNCOc5ccco5)cs4)C3)[C@H](C)[C@H]12.[Na+]. The number of ether oxygens (including phenoxy) is 1. The van der Waals surface area contributed by atoms with Crippen molar-refractivity contribution < 1.29 is 58.5 Å². The number of carboxylic acid groups (broad SMARTS) is 1. The van der Waals surface area contributed by atoms with Gasteiger partial charge in [-0.25, -0.2) is 4.98 Å². The molecular formula is C22H25N4NaO6S2. The van der Waals surface area contributed by atoms with Crippen LogP contribution in [0.1, 0.15) is 19.5 Å².